The summed E-state index contributed by atoms with van der Waals surface area (Å²) < 4.78 is 5.70. The fourth-order valence-corrected chi connectivity index (χ4v) is 5.20. The van der Waals surface area contributed by atoms with Gasteiger partial charge in [0.2, 0.25) is 5.75 Å². The summed E-state index contributed by atoms with van der Waals surface area (Å²) in [6, 6.07) is 8.01. The van der Waals surface area contributed by atoms with Crippen LogP contribution in [0.2, 0.25) is 5.02 Å². The number of nitrogens with zero attached hydrogens (tertiary/aromatic N) is 4. The van der Waals surface area contributed by atoms with Crippen LogP contribution in [0.5, 0.6) is 5.75 Å². The van der Waals surface area contributed by atoms with Crippen LogP contribution < -0.4 is 4.74 Å². The molecule has 2 aliphatic carbocycles. The van der Waals surface area contributed by atoms with Crippen molar-refractivity contribution in [2.45, 2.75) is 13.0 Å². The van der Waals surface area contributed by atoms with E-state index in [4.69, 9.17) is 16.3 Å². The average Bonchev–Trinajstić information content (AvgIpc) is 3.51. The lowest BCUT2D eigenvalue weighted by atomic mass is 9.85. The van der Waals surface area contributed by atoms with Crippen LogP contribution in [0.3, 0.4) is 0 Å². The first-order chi connectivity index (χ1) is 16.7. The number of hydrogen-bond acceptors (Lipinski definition) is 8. The summed E-state index contributed by atoms with van der Waals surface area (Å²) in [4.78, 5) is 47.0. The fraction of sp³-hybridized carbons (Fsp3) is 0.261. The standard InChI is InChI=1S/C23H17ClN4O7/c24-16-8-15(10-25-26-22(29)19-13-3-4-14(7-13)20(19)23(26)30)21(18(9-16)28(33)34)35-11-12-1-5-17(6-2-12)27(31)32/h1-6,8-10,13-14,19-20H,7,11H2. The first-order valence-corrected chi connectivity index (χ1v) is 11.1. The van der Waals surface area contributed by atoms with E-state index in [0.717, 1.165) is 23.7 Å². The topological polar surface area (TPSA) is 145 Å². The number of non-ortho nitro benzene ring substituents is 1. The summed E-state index contributed by atoms with van der Waals surface area (Å²) in [5, 5.41) is 27.4. The van der Waals surface area contributed by atoms with Gasteiger partial charge in [0.25, 0.3) is 17.5 Å². The molecule has 1 saturated carbocycles. The molecule has 35 heavy (non-hydrogen) atoms. The number of amides is 2. The molecule has 3 aliphatic rings. The monoisotopic (exact) mass is 496 g/mol. The van der Waals surface area contributed by atoms with E-state index < -0.39 is 39.2 Å². The highest BCUT2D eigenvalue weighted by Gasteiger charge is 2.59. The maximum Gasteiger partial charge on any atom is 0.313 e. The molecule has 12 heteroatoms. The zero-order valence-electron chi connectivity index (χ0n) is 17.9. The molecular weight excluding hydrogens is 480 g/mol. The third kappa shape index (κ3) is 3.93. The molecule has 4 unspecified atom stereocenters. The Morgan fingerprint density at radius 1 is 1.03 bits per heavy atom. The molecule has 0 N–H and O–H groups in total. The molecule has 4 atom stereocenters. The van der Waals surface area contributed by atoms with Gasteiger partial charge in [-0.2, -0.15) is 10.1 Å². The number of allylic oxidation sites excluding steroid dienone is 2. The van der Waals surface area contributed by atoms with Crippen molar-refractivity contribution in [3.8, 4) is 5.75 Å². The van der Waals surface area contributed by atoms with Gasteiger partial charge in [0, 0.05) is 28.8 Å². The van der Waals surface area contributed by atoms with E-state index in [-0.39, 0.29) is 40.5 Å². The first-order valence-electron chi connectivity index (χ1n) is 10.7. The predicted octanol–water partition coefficient (Wildman–Crippen LogP) is 3.88. The van der Waals surface area contributed by atoms with E-state index in [9.17, 15) is 29.8 Å². The van der Waals surface area contributed by atoms with Gasteiger partial charge >= 0.3 is 5.69 Å². The Balaban J connectivity index is 1.42. The number of rotatable bonds is 7. The van der Waals surface area contributed by atoms with Crippen LogP contribution >= 0.6 is 11.6 Å². The van der Waals surface area contributed by atoms with Gasteiger partial charge in [-0.15, -0.1) is 0 Å². The minimum Gasteiger partial charge on any atom is -0.481 e. The summed E-state index contributed by atoms with van der Waals surface area (Å²) in [6.07, 6.45) is 5.87. The zero-order chi connectivity index (χ0) is 24.9. The van der Waals surface area contributed by atoms with Crippen molar-refractivity contribution >= 4 is 41.0 Å². The number of nitro groups is 2. The van der Waals surface area contributed by atoms with Crippen LogP contribution in [-0.2, 0) is 16.2 Å². The van der Waals surface area contributed by atoms with Crippen LogP contribution in [-0.4, -0.2) is 32.9 Å². The minimum atomic E-state index is -0.672. The molecule has 1 saturated heterocycles. The van der Waals surface area contributed by atoms with Gasteiger partial charge in [0.05, 0.1) is 27.9 Å². The molecule has 1 heterocycles. The number of nitro benzene ring substituents is 2. The molecule has 0 aromatic heterocycles. The number of hydrogen-bond donors (Lipinski definition) is 0. The maximum absolute atomic E-state index is 12.9. The molecule has 2 bridgehead atoms. The lowest BCUT2D eigenvalue weighted by molar-refractivity contribution is -0.386. The minimum absolute atomic E-state index is 0.0227. The molecule has 2 aromatic rings. The summed E-state index contributed by atoms with van der Waals surface area (Å²) in [6.45, 7) is -0.137. The maximum atomic E-state index is 12.9. The molecular formula is C23H17ClN4O7. The highest BCUT2D eigenvalue weighted by Crippen LogP contribution is 2.52. The smallest absolute Gasteiger partial charge is 0.313 e. The second-order valence-electron chi connectivity index (χ2n) is 8.55. The lowest BCUT2D eigenvalue weighted by Crippen LogP contribution is -2.28. The number of fused-ring (bicyclic) bond motifs is 5. The molecule has 2 fully saturated rings. The lowest BCUT2D eigenvalue weighted by Gasteiger charge is -2.13. The molecule has 11 nitrogen and oxygen atoms in total. The van der Waals surface area contributed by atoms with Gasteiger partial charge in [-0.1, -0.05) is 23.8 Å². The molecule has 5 rings (SSSR count). The van der Waals surface area contributed by atoms with Crippen molar-refractivity contribution < 1.29 is 24.2 Å². The van der Waals surface area contributed by atoms with Crippen LogP contribution in [0.25, 0.3) is 0 Å². The van der Waals surface area contributed by atoms with Crippen molar-refractivity contribution in [2.24, 2.45) is 28.8 Å². The van der Waals surface area contributed by atoms with Crippen LogP contribution in [0.1, 0.15) is 17.5 Å². The number of benzene rings is 2. The molecule has 0 spiro atoms. The van der Waals surface area contributed by atoms with Crippen molar-refractivity contribution in [2.75, 3.05) is 0 Å². The highest BCUT2D eigenvalue weighted by atomic mass is 35.5. The third-order valence-electron chi connectivity index (χ3n) is 6.55. The highest BCUT2D eigenvalue weighted by molar-refractivity contribution is 6.31. The molecule has 0 radical (unpaired) electrons. The number of imide groups is 1. The van der Waals surface area contributed by atoms with E-state index in [1.54, 1.807) is 0 Å². The van der Waals surface area contributed by atoms with E-state index >= 15 is 0 Å². The largest absolute Gasteiger partial charge is 0.481 e. The number of halogens is 1. The number of hydrazone groups is 1. The van der Waals surface area contributed by atoms with E-state index in [0.29, 0.717) is 5.56 Å². The number of ether oxygens (including phenoxy) is 1. The Morgan fingerprint density at radius 3 is 2.23 bits per heavy atom. The van der Waals surface area contributed by atoms with Gasteiger partial charge in [0.15, 0.2) is 0 Å². The van der Waals surface area contributed by atoms with E-state index in [1.165, 1.54) is 30.3 Å². The van der Waals surface area contributed by atoms with E-state index in [1.807, 2.05) is 12.2 Å². The zero-order valence-corrected chi connectivity index (χ0v) is 18.7. The van der Waals surface area contributed by atoms with Crippen molar-refractivity contribution in [3.05, 3.63) is 84.9 Å². The van der Waals surface area contributed by atoms with Crippen LogP contribution in [0.15, 0.2) is 53.7 Å². The average molecular weight is 497 g/mol. The van der Waals surface area contributed by atoms with Gasteiger partial charge in [-0.05, 0) is 42.0 Å². The Hall–Kier alpha value is -4.12. The van der Waals surface area contributed by atoms with Gasteiger partial charge in [-0.3, -0.25) is 29.8 Å². The van der Waals surface area contributed by atoms with Crippen LogP contribution in [0.4, 0.5) is 11.4 Å². The van der Waals surface area contributed by atoms with Crippen molar-refractivity contribution in [1.82, 2.24) is 5.01 Å². The fourth-order valence-electron chi connectivity index (χ4n) is 4.98. The Morgan fingerprint density at radius 2 is 1.66 bits per heavy atom. The third-order valence-corrected chi connectivity index (χ3v) is 6.77. The van der Waals surface area contributed by atoms with Gasteiger partial charge in [-0.25, -0.2) is 0 Å². The van der Waals surface area contributed by atoms with Gasteiger partial charge < -0.3 is 4.74 Å². The quantitative estimate of drug-likeness (QED) is 0.186. The normalized spacial score (nSPS) is 24.4. The summed E-state index contributed by atoms with van der Waals surface area (Å²) in [5.74, 6) is -1.76. The van der Waals surface area contributed by atoms with Crippen molar-refractivity contribution in [3.63, 3.8) is 0 Å². The summed E-state index contributed by atoms with van der Waals surface area (Å²) >= 11 is 6.07. The SMILES string of the molecule is O=C1C2C3C=CC(C3)C2C(=O)N1N=Cc1cc(Cl)cc([N+](=O)[O-])c1OCc1ccc([N+](=O)[O-])cc1. The second-order valence-corrected chi connectivity index (χ2v) is 8.98. The Bertz CT molecular complexity index is 1290. The molecule has 178 valence electrons. The van der Waals surface area contributed by atoms with Gasteiger partial charge in [0.1, 0.15) is 6.61 Å². The Labute approximate surface area is 202 Å². The molecule has 2 aromatic carbocycles. The second kappa shape index (κ2) is 8.58. The molecule has 1 aliphatic heterocycles. The summed E-state index contributed by atoms with van der Waals surface area (Å²) in [7, 11) is 0. The molecule has 2 amide bonds. The van der Waals surface area contributed by atoms with Crippen molar-refractivity contribution in [1.29, 1.82) is 0 Å². The predicted molar refractivity (Wildman–Crippen MR) is 123 cm³/mol. The summed E-state index contributed by atoms with van der Waals surface area (Å²) in [5.41, 5.74) is 0.0970. The van der Waals surface area contributed by atoms with E-state index in [2.05, 4.69) is 5.10 Å². The number of carbonyl (C=O) groups excluding carboxylic acids is 2. The first kappa shape index (κ1) is 22.7. The van der Waals surface area contributed by atoms with Crippen LogP contribution in [0, 0.1) is 43.9 Å². The Kier molecular flexibility index (Phi) is 5.56. The number of carbonyl (C=O) groups is 2.